The minimum atomic E-state index is -0.527. The monoisotopic (exact) mass is 348 g/mol. The van der Waals surface area contributed by atoms with Gasteiger partial charge in [-0.15, -0.1) is 0 Å². The average Bonchev–Trinajstić information content (AvgIpc) is 2.59. The summed E-state index contributed by atoms with van der Waals surface area (Å²) < 4.78 is 10.9. The van der Waals surface area contributed by atoms with Crippen molar-refractivity contribution in [3.8, 4) is 0 Å². The van der Waals surface area contributed by atoms with Gasteiger partial charge in [0, 0.05) is 31.0 Å². The number of piperidine rings is 1. The summed E-state index contributed by atoms with van der Waals surface area (Å²) >= 11 is 0. The summed E-state index contributed by atoms with van der Waals surface area (Å²) in [5, 5.41) is 0. The van der Waals surface area contributed by atoms with E-state index in [1.807, 2.05) is 39.8 Å². The van der Waals surface area contributed by atoms with Gasteiger partial charge in [0.1, 0.15) is 12.2 Å². The lowest BCUT2D eigenvalue weighted by atomic mass is 9.76. The van der Waals surface area contributed by atoms with Crippen LogP contribution in [-0.2, 0) is 20.9 Å². The van der Waals surface area contributed by atoms with E-state index < -0.39 is 11.0 Å². The number of hydrogen-bond acceptors (Lipinski definition) is 5. The average molecular weight is 348 g/mol. The maximum absolute atomic E-state index is 12.7. The Balaban J connectivity index is 1.91. The van der Waals surface area contributed by atoms with Crippen LogP contribution < -0.4 is 0 Å². The van der Waals surface area contributed by atoms with Gasteiger partial charge in [-0.2, -0.15) is 0 Å². The lowest BCUT2D eigenvalue weighted by molar-refractivity contribution is -0.160. The summed E-state index contributed by atoms with van der Waals surface area (Å²) in [5.74, 6) is -0.192. The van der Waals surface area contributed by atoms with Gasteiger partial charge < -0.3 is 14.4 Å². The topological polar surface area (TPSA) is 68.7 Å². The van der Waals surface area contributed by atoms with Crippen molar-refractivity contribution >= 4 is 12.1 Å². The van der Waals surface area contributed by atoms with Crippen LogP contribution in [-0.4, -0.2) is 40.6 Å². The summed E-state index contributed by atoms with van der Waals surface area (Å²) in [6.45, 7) is 8.77. The zero-order chi connectivity index (χ0) is 18.5. The lowest BCUT2D eigenvalue weighted by Crippen LogP contribution is -2.48. The molecule has 138 valence electrons. The zero-order valence-corrected chi connectivity index (χ0v) is 15.6. The Morgan fingerprint density at radius 1 is 1.28 bits per heavy atom. The van der Waals surface area contributed by atoms with E-state index in [9.17, 15) is 9.59 Å². The number of nitrogens with zero attached hydrogens (tertiary/aromatic N) is 2. The maximum atomic E-state index is 12.7. The summed E-state index contributed by atoms with van der Waals surface area (Å²) in [6, 6.07) is 3.70. The number of ether oxygens (including phenoxy) is 2. The molecule has 6 heteroatoms. The van der Waals surface area contributed by atoms with Crippen LogP contribution in [0.25, 0.3) is 0 Å². The molecule has 0 unspecified atom stereocenters. The number of hydrogen-bond donors (Lipinski definition) is 0. The highest BCUT2D eigenvalue weighted by molar-refractivity contribution is 5.77. The smallest absolute Gasteiger partial charge is 0.410 e. The van der Waals surface area contributed by atoms with Crippen LogP contribution in [0.5, 0.6) is 0 Å². The van der Waals surface area contributed by atoms with E-state index in [1.165, 1.54) is 0 Å². The second kappa shape index (κ2) is 7.85. The number of likely N-dealkylation sites (tertiary alicyclic amines) is 1. The fourth-order valence-electron chi connectivity index (χ4n) is 2.93. The van der Waals surface area contributed by atoms with Crippen LogP contribution in [0, 0.1) is 5.41 Å². The van der Waals surface area contributed by atoms with Crippen LogP contribution in [0.3, 0.4) is 0 Å². The third-order valence-electron chi connectivity index (χ3n) is 4.57. The molecule has 1 aliphatic rings. The summed E-state index contributed by atoms with van der Waals surface area (Å²) in [7, 11) is 0. The van der Waals surface area contributed by atoms with Gasteiger partial charge >= 0.3 is 12.1 Å². The van der Waals surface area contributed by atoms with Gasteiger partial charge in [-0.05, 0) is 46.1 Å². The fourth-order valence-corrected chi connectivity index (χ4v) is 2.93. The Morgan fingerprint density at radius 2 is 1.96 bits per heavy atom. The first-order valence-electron chi connectivity index (χ1n) is 8.80. The molecule has 6 nitrogen and oxygen atoms in total. The van der Waals surface area contributed by atoms with Crippen LogP contribution >= 0.6 is 0 Å². The third-order valence-corrected chi connectivity index (χ3v) is 4.57. The Bertz CT molecular complexity index is 587. The maximum Gasteiger partial charge on any atom is 0.410 e. The number of esters is 1. The highest BCUT2D eigenvalue weighted by atomic mass is 16.6. The van der Waals surface area contributed by atoms with E-state index in [1.54, 1.807) is 17.3 Å². The highest BCUT2D eigenvalue weighted by Gasteiger charge is 2.42. The van der Waals surface area contributed by atoms with Crippen molar-refractivity contribution in [2.45, 2.75) is 59.2 Å². The number of rotatable bonds is 4. The molecular formula is C19H28N2O4. The minimum Gasteiger partial charge on any atom is -0.460 e. The van der Waals surface area contributed by atoms with Crippen molar-refractivity contribution in [2.75, 3.05) is 13.1 Å². The molecule has 0 N–H and O–H groups in total. The Kier molecular flexibility index (Phi) is 6.03. The number of carbonyl (C=O) groups is 2. The van der Waals surface area contributed by atoms with Gasteiger partial charge in [0.05, 0.1) is 5.41 Å². The van der Waals surface area contributed by atoms with Gasteiger partial charge in [-0.1, -0.05) is 13.0 Å². The van der Waals surface area contributed by atoms with Crippen LogP contribution in [0.1, 0.15) is 52.5 Å². The molecule has 2 heterocycles. The number of amides is 1. The molecule has 1 aromatic heterocycles. The molecule has 1 saturated heterocycles. The van der Waals surface area contributed by atoms with Crippen LogP contribution in [0.4, 0.5) is 4.79 Å². The van der Waals surface area contributed by atoms with E-state index >= 15 is 0 Å². The first-order valence-corrected chi connectivity index (χ1v) is 8.80. The van der Waals surface area contributed by atoms with Crippen molar-refractivity contribution in [2.24, 2.45) is 5.41 Å². The molecule has 0 bridgehead atoms. The third kappa shape index (κ3) is 5.18. The molecule has 0 aromatic carbocycles. The molecule has 2 rings (SSSR count). The van der Waals surface area contributed by atoms with E-state index in [2.05, 4.69) is 4.98 Å². The van der Waals surface area contributed by atoms with Crippen molar-refractivity contribution in [1.82, 2.24) is 9.88 Å². The molecular weight excluding hydrogens is 320 g/mol. The van der Waals surface area contributed by atoms with Crippen LogP contribution in [0.2, 0.25) is 0 Å². The summed E-state index contributed by atoms with van der Waals surface area (Å²) in [5.41, 5.74) is -0.173. The van der Waals surface area contributed by atoms with Gasteiger partial charge in [0.15, 0.2) is 0 Å². The molecule has 0 aliphatic carbocycles. The van der Waals surface area contributed by atoms with Crippen LogP contribution in [0.15, 0.2) is 24.5 Å². The molecule has 1 amide bonds. The predicted molar refractivity (Wildman–Crippen MR) is 93.8 cm³/mol. The Hall–Kier alpha value is -2.11. The van der Waals surface area contributed by atoms with Gasteiger partial charge in [-0.3, -0.25) is 9.78 Å². The van der Waals surface area contributed by atoms with Crippen molar-refractivity contribution in [3.05, 3.63) is 30.1 Å². The minimum absolute atomic E-state index is 0.192. The van der Waals surface area contributed by atoms with Gasteiger partial charge in [-0.25, -0.2) is 4.79 Å². The molecule has 1 aromatic rings. The molecule has 25 heavy (non-hydrogen) atoms. The standard InChI is InChI=1S/C19H28N2O4/c1-5-19(16(22)24-14-15-7-6-10-20-13-15)8-11-21(12-9-19)17(23)25-18(2,3)4/h6-7,10,13H,5,8-9,11-12,14H2,1-4H3. The van der Waals surface area contributed by atoms with E-state index in [-0.39, 0.29) is 18.7 Å². The first-order chi connectivity index (χ1) is 11.8. The van der Waals surface area contributed by atoms with Gasteiger partial charge in [0.25, 0.3) is 0 Å². The van der Waals surface area contributed by atoms with E-state index in [4.69, 9.17) is 9.47 Å². The molecule has 1 aliphatic heterocycles. The highest BCUT2D eigenvalue weighted by Crippen LogP contribution is 2.37. The van der Waals surface area contributed by atoms with Crippen molar-refractivity contribution in [3.63, 3.8) is 0 Å². The lowest BCUT2D eigenvalue weighted by Gasteiger charge is -2.39. The SMILES string of the molecule is CCC1(C(=O)OCc2cccnc2)CCN(C(=O)OC(C)(C)C)CC1. The molecule has 0 atom stereocenters. The molecule has 1 fully saturated rings. The molecule has 0 radical (unpaired) electrons. The zero-order valence-electron chi connectivity index (χ0n) is 15.6. The predicted octanol–water partition coefficient (Wildman–Crippen LogP) is 3.55. The fraction of sp³-hybridized carbons (Fsp3) is 0.632. The first kappa shape index (κ1) is 19.2. The second-order valence-corrected chi connectivity index (χ2v) is 7.54. The van der Waals surface area contributed by atoms with Gasteiger partial charge in [0.2, 0.25) is 0 Å². The van der Waals surface area contributed by atoms with Crippen molar-refractivity contribution in [1.29, 1.82) is 0 Å². The second-order valence-electron chi connectivity index (χ2n) is 7.54. The molecule has 0 saturated carbocycles. The Morgan fingerprint density at radius 3 is 2.48 bits per heavy atom. The largest absolute Gasteiger partial charge is 0.460 e. The molecule has 0 spiro atoms. The normalized spacial score (nSPS) is 17.0. The number of carbonyl (C=O) groups excluding carboxylic acids is 2. The van der Waals surface area contributed by atoms with E-state index in [0.29, 0.717) is 32.4 Å². The number of pyridine rings is 1. The summed E-state index contributed by atoms with van der Waals surface area (Å²) in [6.07, 6.45) is 4.94. The quantitative estimate of drug-likeness (QED) is 0.778. The van der Waals surface area contributed by atoms with E-state index in [0.717, 1.165) is 5.56 Å². The Labute approximate surface area is 149 Å². The summed E-state index contributed by atoms with van der Waals surface area (Å²) in [4.78, 5) is 30.5. The van der Waals surface area contributed by atoms with Crippen molar-refractivity contribution < 1.29 is 19.1 Å². The number of aromatic nitrogens is 1.